The van der Waals surface area contributed by atoms with Crippen molar-refractivity contribution in [2.45, 2.75) is 18.6 Å². The van der Waals surface area contributed by atoms with Gasteiger partial charge in [0.15, 0.2) is 0 Å². The van der Waals surface area contributed by atoms with Gasteiger partial charge in [0.1, 0.15) is 4.91 Å². The van der Waals surface area contributed by atoms with Gasteiger partial charge in [0, 0.05) is 6.42 Å². The lowest BCUT2D eigenvalue weighted by Gasteiger charge is -2.01. The number of benzene rings is 1. The molecule has 0 unspecified atom stereocenters. The number of aryl methyl sites for hydroxylation is 1. The Morgan fingerprint density at radius 3 is 2.52 bits per heavy atom. The van der Waals surface area contributed by atoms with E-state index in [-0.39, 0.29) is 10.1 Å². The second-order valence-electron chi connectivity index (χ2n) is 4.34. The molecule has 0 atom stereocenters. The Kier molecular flexibility index (Phi) is 5.53. The molecule has 0 radical (unpaired) electrons. The molecular weight excluding hydrogens is 320 g/mol. The maximum absolute atomic E-state index is 11.4. The number of hydrogen-bond donors (Lipinski definition) is 1. The zero-order valence-electron chi connectivity index (χ0n) is 12.5. The van der Waals surface area contributed by atoms with Crippen molar-refractivity contribution < 1.29 is 23.8 Å². The molecule has 1 aromatic heterocycles. The zero-order valence-corrected chi connectivity index (χ0v) is 13.3. The number of aliphatic carboxylic acids is 1. The SMILES string of the molecule is CCc1nnc(S/C(=C/c2ccc(C(=O)OC)cc2)C(=O)O)o1. The molecule has 120 valence electrons. The summed E-state index contributed by atoms with van der Waals surface area (Å²) < 4.78 is 9.90. The van der Waals surface area contributed by atoms with E-state index in [2.05, 4.69) is 14.9 Å². The van der Waals surface area contributed by atoms with Gasteiger partial charge in [0.2, 0.25) is 5.89 Å². The summed E-state index contributed by atoms with van der Waals surface area (Å²) in [5, 5.41) is 17.0. The molecule has 23 heavy (non-hydrogen) atoms. The van der Waals surface area contributed by atoms with Crippen LogP contribution in [0.25, 0.3) is 6.08 Å². The van der Waals surface area contributed by atoms with Crippen molar-refractivity contribution in [1.29, 1.82) is 0 Å². The molecule has 1 aromatic carbocycles. The highest BCUT2D eigenvalue weighted by Crippen LogP contribution is 2.27. The van der Waals surface area contributed by atoms with Crippen LogP contribution in [0.5, 0.6) is 0 Å². The Bertz CT molecular complexity index is 737. The van der Waals surface area contributed by atoms with E-state index in [0.717, 1.165) is 11.8 Å². The van der Waals surface area contributed by atoms with Crippen LogP contribution in [0.1, 0.15) is 28.7 Å². The first kappa shape index (κ1) is 16.8. The van der Waals surface area contributed by atoms with Crippen LogP contribution in [-0.2, 0) is 16.0 Å². The summed E-state index contributed by atoms with van der Waals surface area (Å²) >= 11 is 0.873. The highest BCUT2D eigenvalue weighted by atomic mass is 32.2. The van der Waals surface area contributed by atoms with Crippen LogP contribution >= 0.6 is 11.8 Å². The number of carbonyl (C=O) groups is 2. The van der Waals surface area contributed by atoms with E-state index in [1.165, 1.54) is 13.2 Å². The van der Waals surface area contributed by atoms with Gasteiger partial charge in [0.25, 0.3) is 5.22 Å². The number of carbonyl (C=O) groups excluding carboxylic acids is 1. The number of nitrogens with zero attached hydrogens (tertiary/aromatic N) is 2. The second kappa shape index (κ2) is 7.59. The fourth-order valence-electron chi connectivity index (χ4n) is 1.64. The maximum atomic E-state index is 11.4. The van der Waals surface area contributed by atoms with Gasteiger partial charge in [0.05, 0.1) is 12.7 Å². The van der Waals surface area contributed by atoms with E-state index in [1.807, 2.05) is 6.92 Å². The summed E-state index contributed by atoms with van der Waals surface area (Å²) in [6, 6.07) is 6.37. The third kappa shape index (κ3) is 4.43. The lowest BCUT2D eigenvalue weighted by Crippen LogP contribution is -2.00. The van der Waals surface area contributed by atoms with Gasteiger partial charge in [-0.1, -0.05) is 19.1 Å². The number of hydrogen-bond acceptors (Lipinski definition) is 7. The molecule has 8 heteroatoms. The van der Waals surface area contributed by atoms with Crippen LogP contribution in [-0.4, -0.2) is 34.4 Å². The number of methoxy groups -OCH3 is 1. The van der Waals surface area contributed by atoms with Crippen LogP contribution < -0.4 is 0 Å². The van der Waals surface area contributed by atoms with Crippen LogP contribution in [0, 0.1) is 0 Å². The van der Waals surface area contributed by atoms with Crippen molar-refractivity contribution in [2.24, 2.45) is 0 Å². The predicted octanol–water partition coefficient (Wildman–Crippen LogP) is 2.64. The number of thioether (sulfide) groups is 1. The molecule has 0 aliphatic heterocycles. The lowest BCUT2D eigenvalue weighted by molar-refractivity contribution is -0.131. The minimum Gasteiger partial charge on any atom is -0.477 e. The Balaban J connectivity index is 2.21. The van der Waals surface area contributed by atoms with E-state index in [1.54, 1.807) is 24.3 Å². The molecule has 0 amide bonds. The van der Waals surface area contributed by atoms with Crippen LogP contribution in [0.3, 0.4) is 0 Å². The third-order valence-electron chi connectivity index (χ3n) is 2.79. The molecule has 7 nitrogen and oxygen atoms in total. The molecule has 0 aliphatic rings. The fraction of sp³-hybridized carbons (Fsp3) is 0.200. The molecule has 1 N–H and O–H groups in total. The molecule has 0 bridgehead atoms. The van der Waals surface area contributed by atoms with Crippen molar-refractivity contribution in [3.05, 3.63) is 46.2 Å². The summed E-state index contributed by atoms with van der Waals surface area (Å²) in [7, 11) is 1.30. The molecule has 0 fully saturated rings. The second-order valence-corrected chi connectivity index (χ2v) is 5.34. The Hall–Kier alpha value is -2.61. The first-order valence-corrected chi connectivity index (χ1v) is 7.48. The van der Waals surface area contributed by atoms with E-state index < -0.39 is 11.9 Å². The smallest absolute Gasteiger partial charge is 0.342 e. The minimum atomic E-state index is -1.11. The van der Waals surface area contributed by atoms with Gasteiger partial charge in [-0.3, -0.25) is 0 Å². The highest BCUT2D eigenvalue weighted by molar-refractivity contribution is 8.03. The molecule has 0 spiro atoms. The van der Waals surface area contributed by atoms with E-state index in [0.29, 0.717) is 23.4 Å². The summed E-state index contributed by atoms with van der Waals surface area (Å²) in [5.41, 5.74) is 1.01. The van der Waals surface area contributed by atoms with Gasteiger partial charge in [-0.05, 0) is 35.5 Å². The monoisotopic (exact) mass is 334 g/mol. The number of carboxylic acids is 1. The van der Waals surface area contributed by atoms with Crippen LogP contribution in [0.2, 0.25) is 0 Å². The van der Waals surface area contributed by atoms with E-state index in [4.69, 9.17) is 4.42 Å². The topological polar surface area (TPSA) is 103 Å². The van der Waals surface area contributed by atoms with Crippen molar-refractivity contribution >= 4 is 29.8 Å². The molecule has 2 aromatic rings. The maximum Gasteiger partial charge on any atom is 0.342 e. The number of ether oxygens (including phenoxy) is 1. The summed E-state index contributed by atoms with van der Waals surface area (Å²) in [6.45, 7) is 1.86. The highest BCUT2D eigenvalue weighted by Gasteiger charge is 2.15. The average Bonchev–Trinajstić information content (AvgIpc) is 3.01. The van der Waals surface area contributed by atoms with E-state index in [9.17, 15) is 14.7 Å². The number of rotatable bonds is 6. The zero-order chi connectivity index (χ0) is 16.8. The molecule has 2 rings (SSSR count). The first-order valence-electron chi connectivity index (χ1n) is 6.67. The molecule has 0 aliphatic carbocycles. The lowest BCUT2D eigenvalue weighted by atomic mass is 10.1. The molecule has 0 saturated heterocycles. The minimum absolute atomic E-state index is 0.0297. The Morgan fingerprint density at radius 1 is 1.30 bits per heavy atom. The quantitative estimate of drug-likeness (QED) is 0.488. The number of esters is 1. The van der Waals surface area contributed by atoms with Crippen LogP contribution in [0.15, 0.2) is 38.8 Å². The van der Waals surface area contributed by atoms with E-state index >= 15 is 0 Å². The molecular formula is C15H14N2O5S. The third-order valence-corrected chi connectivity index (χ3v) is 3.64. The average molecular weight is 334 g/mol. The van der Waals surface area contributed by atoms with Gasteiger partial charge >= 0.3 is 11.9 Å². The first-order chi connectivity index (χ1) is 11.0. The Morgan fingerprint density at radius 2 is 2.00 bits per heavy atom. The predicted molar refractivity (Wildman–Crippen MR) is 82.9 cm³/mol. The molecule has 1 heterocycles. The van der Waals surface area contributed by atoms with Crippen molar-refractivity contribution in [3.63, 3.8) is 0 Å². The van der Waals surface area contributed by atoms with Crippen molar-refractivity contribution in [2.75, 3.05) is 7.11 Å². The Labute approximate surface area is 136 Å². The molecule has 0 saturated carbocycles. The van der Waals surface area contributed by atoms with Gasteiger partial charge in [-0.2, -0.15) is 0 Å². The standard InChI is InChI=1S/C15H14N2O5S/c1-3-12-16-17-15(22-12)23-11(13(18)19)8-9-4-6-10(7-5-9)14(20)21-2/h4-8H,3H2,1-2H3,(H,18,19)/b11-8+. The normalized spacial score (nSPS) is 11.3. The van der Waals surface area contributed by atoms with Gasteiger partial charge in [-0.25, -0.2) is 9.59 Å². The van der Waals surface area contributed by atoms with Gasteiger partial charge in [-0.15, -0.1) is 10.2 Å². The van der Waals surface area contributed by atoms with Crippen molar-refractivity contribution in [3.8, 4) is 0 Å². The largest absolute Gasteiger partial charge is 0.477 e. The van der Waals surface area contributed by atoms with Crippen LogP contribution in [0.4, 0.5) is 0 Å². The number of carboxylic acid groups (broad SMARTS) is 1. The summed E-state index contributed by atoms with van der Waals surface area (Å²) in [5.74, 6) is -1.12. The van der Waals surface area contributed by atoms with Gasteiger partial charge < -0.3 is 14.3 Å². The summed E-state index contributed by atoms with van der Waals surface area (Å²) in [4.78, 5) is 22.7. The summed E-state index contributed by atoms with van der Waals surface area (Å²) in [6.07, 6.45) is 2.04. The number of aromatic nitrogens is 2. The van der Waals surface area contributed by atoms with Crippen molar-refractivity contribution in [1.82, 2.24) is 10.2 Å². The fourth-order valence-corrected chi connectivity index (χ4v) is 2.33.